The molecule has 2 aromatic rings. The molecule has 4 atom stereocenters. The summed E-state index contributed by atoms with van der Waals surface area (Å²) in [6.45, 7) is 0.349. The molecular formula is C22H23ClN4O4. The van der Waals surface area contributed by atoms with E-state index in [1.54, 1.807) is 19.2 Å². The Kier molecular flexibility index (Phi) is 4.89. The van der Waals surface area contributed by atoms with Crippen LogP contribution in [0.15, 0.2) is 41.5 Å². The maximum atomic E-state index is 12.7. The summed E-state index contributed by atoms with van der Waals surface area (Å²) < 4.78 is 17.4. The summed E-state index contributed by atoms with van der Waals surface area (Å²) in [7, 11) is 1.63. The number of fused-ring (bicyclic) bond motifs is 4. The zero-order valence-electron chi connectivity index (χ0n) is 17.0. The molecule has 31 heavy (non-hydrogen) atoms. The molecule has 2 aliphatic heterocycles. The lowest BCUT2D eigenvalue weighted by Crippen LogP contribution is -2.54. The minimum Gasteiger partial charge on any atom is -0.497 e. The Hall–Kier alpha value is -3.00. The minimum atomic E-state index is -0.642. The molecule has 9 heteroatoms. The molecule has 1 aromatic carbocycles. The first-order chi connectivity index (χ1) is 15.0. The van der Waals surface area contributed by atoms with Crippen molar-refractivity contribution in [3.05, 3.63) is 52.8 Å². The van der Waals surface area contributed by atoms with Gasteiger partial charge in [0.15, 0.2) is 0 Å². The molecule has 1 aliphatic carbocycles. The van der Waals surface area contributed by atoms with Gasteiger partial charge < -0.3 is 25.3 Å². The van der Waals surface area contributed by atoms with Gasteiger partial charge in [0, 0.05) is 29.8 Å². The van der Waals surface area contributed by atoms with Crippen molar-refractivity contribution < 1.29 is 19.0 Å². The SMILES string of the molecule is COc1ccc2c(c1)OC1CCC(NC(=O)c3ccc(Cl)cn3)CC1C21COC(N)=N1. The number of carbonyl (C=O) groups is 1. The number of aliphatic imine (C=N–C) groups is 1. The van der Waals surface area contributed by atoms with E-state index in [0.29, 0.717) is 23.7 Å². The number of ether oxygens (including phenoxy) is 3. The van der Waals surface area contributed by atoms with E-state index >= 15 is 0 Å². The van der Waals surface area contributed by atoms with E-state index in [4.69, 9.17) is 36.5 Å². The van der Waals surface area contributed by atoms with Crippen molar-refractivity contribution in [3.8, 4) is 11.5 Å². The number of nitrogens with one attached hydrogen (secondary N) is 1. The standard InChI is InChI=1S/C22H23ClN4O4/c1-29-14-4-5-15-19(9-14)31-18-7-3-13(8-16(18)22(15)11-30-21(24)27-22)26-20(28)17-6-2-12(23)10-25-17/h2,4-6,9-10,13,16,18H,3,7-8,11H2,1H3,(H2,24,27)(H,26,28). The second kappa shape index (κ2) is 7.60. The molecule has 3 N–H and O–H groups in total. The molecular weight excluding hydrogens is 420 g/mol. The predicted octanol–water partition coefficient (Wildman–Crippen LogP) is 2.64. The number of halogens is 1. The maximum absolute atomic E-state index is 12.7. The maximum Gasteiger partial charge on any atom is 0.283 e. The Morgan fingerprint density at radius 1 is 1.32 bits per heavy atom. The van der Waals surface area contributed by atoms with Crippen molar-refractivity contribution in [1.82, 2.24) is 10.3 Å². The highest BCUT2D eigenvalue weighted by molar-refractivity contribution is 6.30. The summed E-state index contributed by atoms with van der Waals surface area (Å²) in [6.07, 6.45) is 3.67. The molecule has 3 aliphatic rings. The van der Waals surface area contributed by atoms with Gasteiger partial charge in [-0.25, -0.2) is 9.98 Å². The van der Waals surface area contributed by atoms with E-state index in [9.17, 15) is 4.79 Å². The Morgan fingerprint density at radius 3 is 2.90 bits per heavy atom. The predicted molar refractivity (Wildman–Crippen MR) is 115 cm³/mol. The number of hydrogen-bond donors (Lipinski definition) is 2. The Balaban J connectivity index is 1.42. The van der Waals surface area contributed by atoms with E-state index < -0.39 is 5.54 Å². The van der Waals surface area contributed by atoms with Gasteiger partial charge in [0.25, 0.3) is 11.9 Å². The molecule has 1 fully saturated rings. The number of rotatable bonds is 3. The molecule has 0 radical (unpaired) electrons. The number of amides is 1. The molecule has 162 valence electrons. The van der Waals surface area contributed by atoms with Crippen LogP contribution in [0.1, 0.15) is 35.3 Å². The summed E-state index contributed by atoms with van der Waals surface area (Å²) >= 11 is 5.88. The fourth-order valence-corrected chi connectivity index (χ4v) is 5.02. The molecule has 1 amide bonds. The number of hydrogen-bond acceptors (Lipinski definition) is 7. The molecule has 8 nitrogen and oxygen atoms in total. The molecule has 1 saturated carbocycles. The van der Waals surface area contributed by atoms with Crippen LogP contribution in [0.4, 0.5) is 0 Å². The van der Waals surface area contributed by atoms with Crippen LogP contribution in [0, 0.1) is 5.92 Å². The van der Waals surface area contributed by atoms with Crippen LogP contribution >= 0.6 is 11.6 Å². The van der Waals surface area contributed by atoms with Crippen LogP contribution < -0.4 is 20.5 Å². The normalized spacial score (nSPS) is 28.6. The second-order valence-electron chi connectivity index (χ2n) is 8.13. The molecule has 0 bridgehead atoms. The molecule has 3 heterocycles. The number of nitrogens with zero attached hydrogens (tertiary/aromatic N) is 2. The van der Waals surface area contributed by atoms with Crippen LogP contribution in [0.3, 0.4) is 0 Å². The van der Waals surface area contributed by atoms with Crippen LogP contribution in [0.5, 0.6) is 11.5 Å². The van der Waals surface area contributed by atoms with E-state index in [1.165, 1.54) is 6.20 Å². The van der Waals surface area contributed by atoms with Crippen LogP contribution in [0.2, 0.25) is 5.02 Å². The van der Waals surface area contributed by atoms with Crippen molar-refractivity contribution in [1.29, 1.82) is 0 Å². The van der Waals surface area contributed by atoms with Gasteiger partial charge in [0.05, 0.1) is 12.1 Å². The lowest BCUT2D eigenvalue weighted by Gasteiger charge is -2.48. The number of methoxy groups -OCH3 is 1. The fourth-order valence-electron chi connectivity index (χ4n) is 4.91. The van der Waals surface area contributed by atoms with E-state index in [-0.39, 0.29) is 30.0 Å². The van der Waals surface area contributed by atoms with Gasteiger partial charge in [-0.1, -0.05) is 11.6 Å². The van der Waals surface area contributed by atoms with Crippen LogP contribution in [-0.4, -0.2) is 42.8 Å². The van der Waals surface area contributed by atoms with Crippen molar-refractivity contribution in [2.75, 3.05) is 13.7 Å². The van der Waals surface area contributed by atoms with Crippen molar-refractivity contribution >= 4 is 23.5 Å². The third-order valence-corrected chi connectivity index (χ3v) is 6.60. The fraction of sp³-hybridized carbons (Fsp3) is 0.409. The second-order valence-corrected chi connectivity index (χ2v) is 8.57. The first kappa shape index (κ1) is 19.9. The first-order valence-corrected chi connectivity index (χ1v) is 10.6. The Morgan fingerprint density at radius 2 is 2.19 bits per heavy atom. The summed E-state index contributed by atoms with van der Waals surface area (Å²) in [4.78, 5) is 21.6. The number of nitrogens with two attached hydrogens (primary N) is 1. The Bertz CT molecular complexity index is 1040. The van der Waals surface area contributed by atoms with Gasteiger partial charge in [0.1, 0.15) is 35.4 Å². The summed E-state index contributed by atoms with van der Waals surface area (Å²) in [5, 5.41) is 3.60. The molecule has 5 rings (SSSR count). The van der Waals surface area contributed by atoms with Gasteiger partial charge in [-0.2, -0.15) is 0 Å². The van der Waals surface area contributed by atoms with Gasteiger partial charge in [-0.15, -0.1) is 0 Å². The topological polar surface area (TPSA) is 108 Å². The number of pyridine rings is 1. The average molecular weight is 443 g/mol. The largest absolute Gasteiger partial charge is 0.497 e. The quantitative estimate of drug-likeness (QED) is 0.756. The van der Waals surface area contributed by atoms with Gasteiger partial charge in [0.2, 0.25) is 0 Å². The monoisotopic (exact) mass is 442 g/mol. The molecule has 1 aromatic heterocycles. The smallest absolute Gasteiger partial charge is 0.283 e. The average Bonchev–Trinajstić information content (AvgIpc) is 3.16. The van der Waals surface area contributed by atoms with Crippen LogP contribution in [-0.2, 0) is 10.3 Å². The van der Waals surface area contributed by atoms with Crippen molar-refractivity contribution in [2.45, 2.75) is 36.9 Å². The lowest BCUT2D eigenvalue weighted by molar-refractivity contribution is -0.00207. The summed E-state index contributed by atoms with van der Waals surface area (Å²) in [6, 6.07) is 9.16. The lowest BCUT2D eigenvalue weighted by atomic mass is 9.67. The summed E-state index contributed by atoms with van der Waals surface area (Å²) in [5.74, 6) is 1.25. The summed E-state index contributed by atoms with van der Waals surface area (Å²) in [5.41, 5.74) is 6.58. The van der Waals surface area contributed by atoms with Crippen molar-refractivity contribution in [2.24, 2.45) is 16.6 Å². The zero-order chi connectivity index (χ0) is 21.6. The van der Waals surface area contributed by atoms with Gasteiger partial charge >= 0.3 is 0 Å². The number of amidine groups is 1. The third-order valence-electron chi connectivity index (χ3n) is 6.38. The van der Waals surface area contributed by atoms with Gasteiger partial charge in [-0.05, 0) is 43.5 Å². The Labute approximate surface area is 184 Å². The van der Waals surface area contributed by atoms with Gasteiger partial charge in [-0.3, -0.25) is 4.79 Å². The highest BCUT2D eigenvalue weighted by Gasteiger charge is 2.55. The highest BCUT2D eigenvalue weighted by atomic mass is 35.5. The van der Waals surface area contributed by atoms with E-state index in [1.807, 2.05) is 18.2 Å². The van der Waals surface area contributed by atoms with E-state index in [0.717, 1.165) is 29.9 Å². The zero-order valence-corrected chi connectivity index (χ0v) is 17.8. The molecule has 4 unspecified atom stereocenters. The first-order valence-electron chi connectivity index (χ1n) is 10.2. The number of carbonyl (C=O) groups excluding carboxylic acids is 1. The third kappa shape index (κ3) is 3.44. The molecule has 0 saturated heterocycles. The van der Waals surface area contributed by atoms with E-state index in [2.05, 4.69) is 10.3 Å². The molecule has 1 spiro atoms. The van der Waals surface area contributed by atoms with Crippen LogP contribution in [0.25, 0.3) is 0 Å². The number of aromatic nitrogens is 1. The minimum absolute atomic E-state index is 0.00618. The number of benzene rings is 1. The highest BCUT2D eigenvalue weighted by Crippen LogP contribution is 2.52. The van der Waals surface area contributed by atoms with Crippen molar-refractivity contribution in [3.63, 3.8) is 0 Å².